The molecule has 0 saturated carbocycles. The summed E-state index contributed by atoms with van der Waals surface area (Å²) in [6.45, 7) is 1.75. The summed E-state index contributed by atoms with van der Waals surface area (Å²) in [5.41, 5.74) is 0.307. The highest BCUT2D eigenvalue weighted by Gasteiger charge is 2.32. The van der Waals surface area contributed by atoms with Gasteiger partial charge in [-0.05, 0) is 48.9 Å². The molecule has 0 spiro atoms. The molecular weight excluding hydrogens is 311 g/mol. The molecule has 2 aromatic rings. The zero-order valence-corrected chi connectivity index (χ0v) is 12.4. The minimum absolute atomic E-state index is 0.0845. The summed E-state index contributed by atoms with van der Waals surface area (Å²) >= 11 is 5.71. The van der Waals surface area contributed by atoms with Crippen molar-refractivity contribution in [2.45, 2.75) is 12.8 Å². The highest BCUT2D eigenvalue weighted by molar-refractivity contribution is 6.28. The standard InChI is InChI=1S/C15H12ClFN2O3/c1-2-22-14(21)12(11-7-8-18-15(16)19-11)13(20)9-3-5-10(17)6-4-9/h3-8,12H,2H2,1H3. The summed E-state index contributed by atoms with van der Waals surface area (Å²) in [6.07, 6.45) is 1.34. The van der Waals surface area contributed by atoms with Gasteiger partial charge < -0.3 is 4.74 Å². The molecule has 0 radical (unpaired) electrons. The number of rotatable bonds is 5. The van der Waals surface area contributed by atoms with Gasteiger partial charge >= 0.3 is 5.97 Å². The summed E-state index contributed by atoms with van der Waals surface area (Å²) in [7, 11) is 0. The number of esters is 1. The summed E-state index contributed by atoms with van der Waals surface area (Å²) in [4.78, 5) is 32.3. The monoisotopic (exact) mass is 322 g/mol. The van der Waals surface area contributed by atoms with Gasteiger partial charge in [-0.3, -0.25) is 9.59 Å². The smallest absolute Gasteiger partial charge is 0.323 e. The molecule has 5 nitrogen and oxygen atoms in total. The lowest BCUT2D eigenvalue weighted by Crippen LogP contribution is -2.25. The van der Waals surface area contributed by atoms with E-state index in [4.69, 9.17) is 16.3 Å². The van der Waals surface area contributed by atoms with Crippen LogP contribution in [-0.2, 0) is 9.53 Å². The van der Waals surface area contributed by atoms with Gasteiger partial charge in [-0.15, -0.1) is 0 Å². The molecule has 0 amide bonds. The number of Topliss-reactive ketones (excluding diaryl/α,β-unsaturated/α-hetero) is 1. The van der Waals surface area contributed by atoms with E-state index in [-0.39, 0.29) is 23.1 Å². The molecule has 0 fully saturated rings. The molecule has 1 heterocycles. The number of ether oxygens (including phenoxy) is 1. The molecule has 0 aliphatic carbocycles. The summed E-state index contributed by atoms with van der Waals surface area (Å²) < 4.78 is 17.9. The molecule has 1 aromatic carbocycles. The SMILES string of the molecule is CCOC(=O)C(C(=O)c1ccc(F)cc1)c1ccnc(Cl)n1. The Bertz CT molecular complexity index is 691. The van der Waals surface area contributed by atoms with Crippen molar-refractivity contribution < 1.29 is 18.7 Å². The first-order valence-electron chi connectivity index (χ1n) is 6.47. The van der Waals surface area contributed by atoms with E-state index in [0.717, 1.165) is 12.1 Å². The summed E-state index contributed by atoms with van der Waals surface area (Å²) in [5, 5.41) is -0.0845. The number of hydrogen-bond donors (Lipinski definition) is 0. The topological polar surface area (TPSA) is 69.2 Å². The number of ketones is 1. The van der Waals surface area contributed by atoms with Gasteiger partial charge in [0.1, 0.15) is 5.82 Å². The molecule has 0 aliphatic rings. The number of hydrogen-bond acceptors (Lipinski definition) is 5. The molecule has 1 unspecified atom stereocenters. The Morgan fingerprint density at radius 3 is 2.55 bits per heavy atom. The molecule has 0 N–H and O–H groups in total. The Labute approximate surface area is 131 Å². The van der Waals surface area contributed by atoms with Crippen LogP contribution >= 0.6 is 11.6 Å². The predicted octanol–water partition coefficient (Wildman–Crippen LogP) is 2.80. The molecule has 1 atom stereocenters. The minimum Gasteiger partial charge on any atom is -0.465 e. The van der Waals surface area contributed by atoms with Crippen LogP contribution in [0.15, 0.2) is 36.5 Å². The normalized spacial score (nSPS) is 11.8. The van der Waals surface area contributed by atoms with Crippen molar-refractivity contribution in [3.05, 3.63) is 58.9 Å². The van der Waals surface area contributed by atoms with Gasteiger partial charge in [-0.2, -0.15) is 0 Å². The van der Waals surface area contributed by atoms with Crippen LogP contribution in [0.2, 0.25) is 5.28 Å². The van der Waals surface area contributed by atoms with Gasteiger partial charge in [0.05, 0.1) is 12.3 Å². The maximum absolute atomic E-state index is 13.0. The lowest BCUT2D eigenvalue weighted by Gasteiger charge is -2.14. The van der Waals surface area contributed by atoms with Crippen molar-refractivity contribution in [1.82, 2.24) is 9.97 Å². The first-order chi connectivity index (χ1) is 10.5. The van der Waals surface area contributed by atoms with Gasteiger partial charge in [0.2, 0.25) is 5.28 Å². The number of benzene rings is 1. The highest BCUT2D eigenvalue weighted by atomic mass is 35.5. The van der Waals surface area contributed by atoms with E-state index < -0.39 is 23.5 Å². The van der Waals surface area contributed by atoms with Gasteiger partial charge in [-0.1, -0.05) is 0 Å². The maximum Gasteiger partial charge on any atom is 0.323 e. The molecule has 0 bridgehead atoms. The van der Waals surface area contributed by atoms with Gasteiger partial charge in [0.15, 0.2) is 11.7 Å². The molecule has 114 valence electrons. The average molecular weight is 323 g/mol. The largest absolute Gasteiger partial charge is 0.465 e. The first-order valence-corrected chi connectivity index (χ1v) is 6.85. The van der Waals surface area contributed by atoms with E-state index in [1.807, 2.05) is 0 Å². The summed E-state index contributed by atoms with van der Waals surface area (Å²) in [6, 6.07) is 6.29. The fraction of sp³-hybridized carbons (Fsp3) is 0.200. The van der Waals surface area contributed by atoms with E-state index >= 15 is 0 Å². The average Bonchev–Trinajstić information content (AvgIpc) is 2.48. The van der Waals surface area contributed by atoms with Crippen molar-refractivity contribution in [1.29, 1.82) is 0 Å². The Kier molecular flexibility index (Phi) is 5.16. The maximum atomic E-state index is 13.0. The van der Waals surface area contributed by atoms with Crippen LogP contribution in [0.4, 0.5) is 4.39 Å². The second-order valence-electron chi connectivity index (χ2n) is 4.31. The van der Waals surface area contributed by atoms with Crippen LogP contribution in [-0.4, -0.2) is 28.3 Å². The third-order valence-corrected chi connectivity index (χ3v) is 3.04. The minimum atomic E-state index is -1.27. The van der Waals surface area contributed by atoms with E-state index in [1.165, 1.54) is 24.4 Å². The third kappa shape index (κ3) is 3.65. The molecule has 2 rings (SSSR count). The van der Waals surface area contributed by atoms with Crippen molar-refractivity contribution in [2.75, 3.05) is 6.61 Å². The Morgan fingerprint density at radius 1 is 1.27 bits per heavy atom. The second-order valence-corrected chi connectivity index (χ2v) is 4.64. The van der Waals surface area contributed by atoms with Crippen LogP contribution in [0.3, 0.4) is 0 Å². The lowest BCUT2D eigenvalue weighted by molar-refractivity contribution is -0.143. The number of halogens is 2. The van der Waals surface area contributed by atoms with E-state index in [9.17, 15) is 14.0 Å². The van der Waals surface area contributed by atoms with Crippen molar-refractivity contribution in [3.8, 4) is 0 Å². The van der Waals surface area contributed by atoms with E-state index in [0.29, 0.717) is 0 Å². The molecule has 0 saturated heterocycles. The van der Waals surface area contributed by atoms with E-state index in [2.05, 4.69) is 9.97 Å². The molecule has 7 heteroatoms. The first kappa shape index (κ1) is 16.0. The van der Waals surface area contributed by atoms with Crippen LogP contribution in [0.1, 0.15) is 28.9 Å². The molecular formula is C15H12ClFN2O3. The molecule has 22 heavy (non-hydrogen) atoms. The third-order valence-electron chi connectivity index (χ3n) is 2.86. The zero-order chi connectivity index (χ0) is 16.1. The Balaban J connectivity index is 2.42. The van der Waals surface area contributed by atoms with Crippen LogP contribution in [0, 0.1) is 5.82 Å². The Morgan fingerprint density at radius 2 is 1.95 bits per heavy atom. The Hall–Kier alpha value is -2.34. The van der Waals surface area contributed by atoms with E-state index in [1.54, 1.807) is 6.92 Å². The van der Waals surface area contributed by atoms with Crippen LogP contribution in [0.25, 0.3) is 0 Å². The van der Waals surface area contributed by atoms with Crippen molar-refractivity contribution in [2.24, 2.45) is 0 Å². The highest BCUT2D eigenvalue weighted by Crippen LogP contribution is 2.22. The quantitative estimate of drug-likeness (QED) is 0.366. The lowest BCUT2D eigenvalue weighted by atomic mass is 9.94. The number of nitrogens with zero attached hydrogens (tertiary/aromatic N) is 2. The van der Waals surface area contributed by atoms with Gasteiger partial charge in [0, 0.05) is 11.8 Å². The number of carbonyl (C=O) groups is 2. The van der Waals surface area contributed by atoms with Gasteiger partial charge in [0.25, 0.3) is 0 Å². The molecule has 1 aromatic heterocycles. The van der Waals surface area contributed by atoms with Crippen LogP contribution < -0.4 is 0 Å². The predicted molar refractivity (Wildman–Crippen MR) is 77.1 cm³/mol. The fourth-order valence-electron chi connectivity index (χ4n) is 1.88. The summed E-state index contributed by atoms with van der Waals surface area (Å²) in [5.74, 6) is -3.04. The zero-order valence-electron chi connectivity index (χ0n) is 11.6. The van der Waals surface area contributed by atoms with Crippen molar-refractivity contribution in [3.63, 3.8) is 0 Å². The fourth-order valence-corrected chi connectivity index (χ4v) is 2.03. The second kappa shape index (κ2) is 7.09. The molecule has 0 aliphatic heterocycles. The van der Waals surface area contributed by atoms with Crippen LogP contribution in [0.5, 0.6) is 0 Å². The number of aromatic nitrogens is 2. The number of carbonyl (C=O) groups excluding carboxylic acids is 2. The van der Waals surface area contributed by atoms with Crippen molar-refractivity contribution >= 4 is 23.4 Å². The van der Waals surface area contributed by atoms with Gasteiger partial charge in [-0.25, -0.2) is 14.4 Å².